The van der Waals surface area contributed by atoms with Gasteiger partial charge in [-0.3, -0.25) is 9.78 Å². The van der Waals surface area contributed by atoms with Crippen LogP contribution in [0.15, 0.2) is 36.4 Å². The first-order chi connectivity index (χ1) is 13.8. The first-order valence-electron chi connectivity index (χ1n) is 9.71. The Kier molecular flexibility index (Phi) is 8.36. The Morgan fingerprint density at radius 1 is 0.793 bits per heavy atom. The lowest BCUT2D eigenvalue weighted by atomic mass is 10.1. The van der Waals surface area contributed by atoms with Gasteiger partial charge in [0, 0.05) is 6.42 Å². The summed E-state index contributed by atoms with van der Waals surface area (Å²) < 4.78 is 0. The predicted molar refractivity (Wildman–Crippen MR) is 108 cm³/mol. The maximum atomic E-state index is 12.3. The molecule has 0 atom stereocenters. The van der Waals surface area contributed by atoms with Crippen LogP contribution in [0.2, 0.25) is 0 Å². The van der Waals surface area contributed by atoms with Gasteiger partial charge in [-0.05, 0) is 57.4 Å². The molecule has 0 saturated carbocycles. The van der Waals surface area contributed by atoms with Gasteiger partial charge in [-0.1, -0.05) is 48.7 Å². The number of hydrogen-bond donors (Lipinski definition) is 0. The third-order valence-electron chi connectivity index (χ3n) is 4.46. The summed E-state index contributed by atoms with van der Waals surface area (Å²) in [5, 5.41) is 0. The van der Waals surface area contributed by atoms with Crippen molar-refractivity contribution in [1.29, 1.82) is 0 Å². The van der Waals surface area contributed by atoms with E-state index in [9.17, 15) is 9.59 Å². The van der Waals surface area contributed by atoms with Crippen molar-refractivity contribution in [3.8, 4) is 0 Å². The zero-order valence-corrected chi connectivity index (χ0v) is 17.6. The fourth-order valence-corrected chi connectivity index (χ4v) is 2.85. The summed E-state index contributed by atoms with van der Waals surface area (Å²) in [5.74, 6) is -1.26. The van der Waals surface area contributed by atoms with Crippen molar-refractivity contribution in [3.05, 3.63) is 69.8 Å². The fraction of sp³-hybridized carbons (Fsp3) is 0.391. The predicted octanol–water partition coefficient (Wildman–Crippen LogP) is 5.31. The molecule has 0 aromatic heterocycles. The van der Waals surface area contributed by atoms with Gasteiger partial charge in [-0.15, -0.1) is 9.78 Å². The first-order valence-corrected chi connectivity index (χ1v) is 9.71. The largest absolute Gasteiger partial charge is 0.373 e. The third kappa shape index (κ3) is 6.69. The van der Waals surface area contributed by atoms with E-state index in [1.807, 2.05) is 58.9 Å². The van der Waals surface area contributed by atoms with E-state index < -0.39 is 18.2 Å². The molecule has 0 aliphatic rings. The summed E-state index contributed by atoms with van der Waals surface area (Å²) in [4.78, 5) is 44.7. The Balaban J connectivity index is 1.96. The Morgan fingerprint density at radius 2 is 1.24 bits per heavy atom. The lowest BCUT2D eigenvalue weighted by molar-refractivity contribution is -0.421. The molecule has 0 spiro atoms. The smallest absolute Gasteiger partial charge is 0.290 e. The Labute approximate surface area is 171 Å². The molecule has 0 aliphatic carbocycles. The summed E-state index contributed by atoms with van der Waals surface area (Å²) >= 11 is 0. The minimum absolute atomic E-state index is 0.400. The van der Waals surface area contributed by atoms with Crippen molar-refractivity contribution >= 4 is 11.9 Å². The molecule has 6 heteroatoms. The highest BCUT2D eigenvalue weighted by Crippen LogP contribution is 2.16. The van der Waals surface area contributed by atoms with Crippen LogP contribution in [0.1, 0.15) is 69.2 Å². The van der Waals surface area contributed by atoms with Crippen LogP contribution in [0.25, 0.3) is 0 Å². The van der Waals surface area contributed by atoms with Gasteiger partial charge >= 0.3 is 11.9 Å². The summed E-state index contributed by atoms with van der Waals surface area (Å²) in [5.41, 5.74) is 4.45. The van der Waals surface area contributed by atoms with E-state index in [4.69, 9.17) is 19.6 Å². The number of hydrogen-bond acceptors (Lipinski definition) is 6. The molecule has 0 radical (unpaired) electrons. The molecule has 0 heterocycles. The highest BCUT2D eigenvalue weighted by Gasteiger charge is 2.20. The van der Waals surface area contributed by atoms with Gasteiger partial charge in [0.2, 0.25) is 6.29 Å². The van der Waals surface area contributed by atoms with Crippen LogP contribution in [0, 0.1) is 27.7 Å². The van der Waals surface area contributed by atoms with Gasteiger partial charge in [-0.25, -0.2) is 9.59 Å². The molecular weight excluding hydrogens is 372 g/mol. The Morgan fingerprint density at radius 3 is 1.62 bits per heavy atom. The van der Waals surface area contributed by atoms with Crippen molar-refractivity contribution in [2.24, 2.45) is 0 Å². The van der Waals surface area contributed by atoms with E-state index >= 15 is 0 Å². The van der Waals surface area contributed by atoms with Crippen LogP contribution >= 0.6 is 0 Å². The molecule has 2 aromatic carbocycles. The second-order valence-corrected chi connectivity index (χ2v) is 7.14. The molecule has 2 aromatic rings. The first kappa shape index (κ1) is 22.6. The molecule has 29 heavy (non-hydrogen) atoms. The van der Waals surface area contributed by atoms with Crippen molar-refractivity contribution < 1.29 is 29.1 Å². The van der Waals surface area contributed by atoms with Crippen LogP contribution < -0.4 is 0 Å². The minimum Gasteiger partial charge on any atom is -0.290 e. The van der Waals surface area contributed by atoms with Gasteiger partial charge in [-0.2, -0.15) is 0 Å². The molecule has 0 aliphatic heterocycles. The highest BCUT2D eigenvalue weighted by atomic mass is 17.3. The number of carbonyl (C=O) groups is 2. The monoisotopic (exact) mass is 400 g/mol. The molecule has 0 fully saturated rings. The van der Waals surface area contributed by atoms with Crippen LogP contribution in [-0.2, 0) is 19.6 Å². The van der Waals surface area contributed by atoms with Gasteiger partial charge in [0.15, 0.2) is 0 Å². The molecule has 2 rings (SSSR count). The van der Waals surface area contributed by atoms with Crippen LogP contribution in [0.5, 0.6) is 0 Å². The lowest BCUT2D eigenvalue weighted by Gasteiger charge is -2.15. The second kappa shape index (κ2) is 10.7. The van der Waals surface area contributed by atoms with E-state index in [0.29, 0.717) is 17.5 Å². The SMILES string of the molecule is CCCCC(OOC(=O)c1ccc(C)cc1C)OOC(=O)c1ccc(C)cc1C. The number of benzene rings is 2. The second-order valence-electron chi connectivity index (χ2n) is 7.14. The quantitative estimate of drug-likeness (QED) is 0.323. The number of rotatable bonds is 9. The fourth-order valence-electron chi connectivity index (χ4n) is 2.85. The molecule has 6 nitrogen and oxygen atoms in total. The topological polar surface area (TPSA) is 71.1 Å². The molecule has 156 valence electrons. The Hall–Kier alpha value is -2.70. The van der Waals surface area contributed by atoms with Crippen LogP contribution in [0.4, 0.5) is 0 Å². The van der Waals surface area contributed by atoms with Crippen LogP contribution in [-0.4, -0.2) is 18.2 Å². The molecular formula is C23H28O6. The van der Waals surface area contributed by atoms with Crippen molar-refractivity contribution in [3.63, 3.8) is 0 Å². The number of aryl methyl sites for hydroxylation is 4. The zero-order chi connectivity index (χ0) is 21.4. The normalized spacial score (nSPS) is 10.8. The maximum Gasteiger partial charge on any atom is 0.373 e. The third-order valence-corrected chi connectivity index (χ3v) is 4.46. The standard InChI is InChI=1S/C23H28O6/c1-6-7-8-21(26-28-22(24)19-11-9-15(2)13-17(19)4)27-29-23(25)20-12-10-16(3)14-18(20)5/h9-14,21H,6-8H2,1-5H3. The molecule has 0 unspecified atom stereocenters. The van der Waals surface area contributed by atoms with E-state index in [1.165, 1.54) is 0 Å². The van der Waals surface area contributed by atoms with Gasteiger partial charge in [0.05, 0.1) is 11.1 Å². The summed E-state index contributed by atoms with van der Waals surface area (Å²) in [6.07, 6.45) is 1.00. The lowest BCUT2D eigenvalue weighted by Crippen LogP contribution is -2.22. The average molecular weight is 400 g/mol. The molecule has 0 amide bonds. The van der Waals surface area contributed by atoms with Gasteiger partial charge < -0.3 is 0 Å². The minimum atomic E-state index is -1.01. The number of unbranched alkanes of at least 4 members (excludes halogenated alkanes) is 1. The molecule has 0 N–H and O–H groups in total. The number of carbonyl (C=O) groups excluding carboxylic acids is 2. The van der Waals surface area contributed by atoms with E-state index in [0.717, 1.165) is 35.1 Å². The Bertz CT molecular complexity index is 791. The van der Waals surface area contributed by atoms with E-state index in [-0.39, 0.29) is 0 Å². The molecule has 0 bridgehead atoms. The average Bonchev–Trinajstić information content (AvgIpc) is 2.66. The van der Waals surface area contributed by atoms with Crippen molar-refractivity contribution in [1.82, 2.24) is 0 Å². The van der Waals surface area contributed by atoms with Crippen molar-refractivity contribution in [2.45, 2.75) is 60.2 Å². The van der Waals surface area contributed by atoms with Crippen LogP contribution in [0.3, 0.4) is 0 Å². The van der Waals surface area contributed by atoms with Gasteiger partial charge in [0.25, 0.3) is 0 Å². The van der Waals surface area contributed by atoms with Gasteiger partial charge in [0.1, 0.15) is 0 Å². The summed E-state index contributed by atoms with van der Waals surface area (Å²) in [6, 6.07) is 10.8. The highest BCUT2D eigenvalue weighted by molar-refractivity contribution is 5.91. The summed E-state index contributed by atoms with van der Waals surface area (Å²) in [7, 11) is 0. The zero-order valence-electron chi connectivity index (χ0n) is 17.6. The van der Waals surface area contributed by atoms with E-state index in [2.05, 4.69) is 0 Å². The molecule has 0 saturated heterocycles. The summed E-state index contributed by atoms with van der Waals surface area (Å²) in [6.45, 7) is 9.52. The maximum absolute atomic E-state index is 12.3. The van der Waals surface area contributed by atoms with Crippen molar-refractivity contribution in [2.75, 3.05) is 0 Å². The van der Waals surface area contributed by atoms with E-state index in [1.54, 1.807) is 12.1 Å².